The number of hydrogen-bond donors (Lipinski definition) is 2. The Morgan fingerprint density at radius 1 is 1.11 bits per heavy atom. The van der Waals surface area contributed by atoms with Crippen LogP contribution in [0.3, 0.4) is 0 Å². The van der Waals surface area contributed by atoms with Crippen LogP contribution in [-0.2, 0) is 0 Å². The average Bonchev–Trinajstić information content (AvgIpc) is 3.40. The number of nitrogens with one attached hydrogen (secondary N) is 2. The van der Waals surface area contributed by atoms with Crippen molar-refractivity contribution in [3.05, 3.63) is 64.6 Å². The predicted molar refractivity (Wildman–Crippen MR) is 140 cm³/mol. The predicted octanol–water partition coefficient (Wildman–Crippen LogP) is 5.68. The van der Waals surface area contributed by atoms with E-state index in [1.807, 2.05) is 12.1 Å². The van der Waals surface area contributed by atoms with E-state index in [2.05, 4.69) is 25.3 Å². The molecular weight excluding hydrogens is 496 g/mol. The second-order valence-electron chi connectivity index (χ2n) is 9.80. The average molecular weight is 528 g/mol. The molecule has 2 aliphatic rings. The van der Waals surface area contributed by atoms with Gasteiger partial charge in [0.25, 0.3) is 11.7 Å². The monoisotopic (exact) mass is 527 g/mol. The number of rotatable bonds is 9. The third-order valence-corrected chi connectivity index (χ3v) is 7.30. The number of nitrogens with zero attached hydrogens (tertiary/aromatic N) is 3. The molecule has 9 nitrogen and oxygen atoms in total. The molecule has 0 amide bonds. The molecule has 3 aromatic rings. The second-order valence-corrected chi connectivity index (χ2v) is 9.80. The number of alkyl halides is 1. The van der Waals surface area contributed by atoms with E-state index in [1.165, 1.54) is 12.1 Å². The van der Waals surface area contributed by atoms with Gasteiger partial charge in [0, 0.05) is 54.6 Å². The van der Waals surface area contributed by atoms with E-state index in [-0.39, 0.29) is 28.4 Å². The van der Waals surface area contributed by atoms with Crippen molar-refractivity contribution in [3.63, 3.8) is 0 Å². The molecular formula is C27H31F2N5O4. The highest BCUT2D eigenvalue weighted by molar-refractivity contribution is 5.59. The fourth-order valence-electron chi connectivity index (χ4n) is 5.40. The Morgan fingerprint density at radius 2 is 1.89 bits per heavy atom. The van der Waals surface area contributed by atoms with Crippen LogP contribution in [0, 0.1) is 15.9 Å². The number of non-ortho nitro benzene ring substituents is 1. The highest BCUT2D eigenvalue weighted by Crippen LogP contribution is 2.30. The molecule has 11 heteroatoms. The van der Waals surface area contributed by atoms with Gasteiger partial charge < -0.3 is 24.7 Å². The molecule has 2 fully saturated rings. The van der Waals surface area contributed by atoms with Gasteiger partial charge in [-0.25, -0.2) is 13.8 Å². The number of nitro groups is 1. The van der Waals surface area contributed by atoms with Crippen LogP contribution in [0.2, 0.25) is 0 Å². The molecule has 1 aliphatic carbocycles. The van der Waals surface area contributed by atoms with Crippen LogP contribution in [0.1, 0.15) is 38.5 Å². The van der Waals surface area contributed by atoms with Crippen LogP contribution in [0.4, 0.5) is 26.2 Å². The summed E-state index contributed by atoms with van der Waals surface area (Å²) in [6.07, 6.45) is 7.87. The molecule has 3 atom stereocenters. The Kier molecular flexibility index (Phi) is 8.02. The third-order valence-electron chi connectivity index (χ3n) is 7.30. The van der Waals surface area contributed by atoms with Crippen LogP contribution < -0.4 is 20.3 Å². The highest BCUT2D eigenvalue weighted by Gasteiger charge is 2.30. The number of nitro benzene ring substituents is 1. The first-order chi connectivity index (χ1) is 18.5. The van der Waals surface area contributed by atoms with Gasteiger partial charge >= 0.3 is 0 Å². The normalized spacial score (nSPS) is 21.7. The van der Waals surface area contributed by atoms with E-state index in [0.717, 1.165) is 57.3 Å². The maximum atomic E-state index is 14.2. The minimum atomic E-state index is -1.10. The summed E-state index contributed by atoms with van der Waals surface area (Å²) in [4.78, 5) is 17.2. The number of hydrogen-bond acceptors (Lipinski definition) is 8. The molecule has 0 unspecified atom stereocenters. The van der Waals surface area contributed by atoms with Crippen molar-refractivity contribution in [2.75, 3.05) is 30.2 Å². The van der Waals surface area contributed by atoms with E-state index in [4.69, 9.17) is 4.42 Å². The quantitative estimate of drug-likeness (QED) is 0.271. The minimum Gasteiger partial charge on any atom is -0.460 e. The first-order valence-corrected chi connectivity index (χ1v) is 13.0. The number of oxazole rings is 1. The van der Waals surface area contributed by atoms with Crippen LogP contribution in [0.25, 0.3) is 11.3 Å². The standard InChI is InChI=1S/C27H31F2N5O4/c28-17-37-25-12-7-18(14-22(25)29)26-15-30-27(38-26)32-24-6-2-1-5-23(24)31-19-4-3-13-33(16-19)20-8-10-21(11-9-20)34(35)36/h7-12,14-15,19,23-24,31H,1-6,13,16-17H2,(H,30,32)/t19-,23+,24+/m0/s1. The minimum absolute atomic E-state index is 0.0965. The largest absolute Gasteiger partial charge is 0.460 e. The maximum Gasteiger partial charge on any atom is 0.295 e. The summed E-state index contributed by atoms with van der Waals surface area (Å²) < 4.78 is 37.0. The van der Waals surface area contributed by atoms with E-state index in [0.29, 0.717) is 23.4 Å². The molecule has 0 radical (unpaired) electrons. The van der Waals surface area contributed by atoms with Gasteiger partial charge in [-0.05, 0) is 56.0 Å². The molecule has 202 valence electrons. The molecule has 2 aromatic carbocycles. The van der Waals surface area contributed by atoms with E-state index in [9.17, 15) is 18.9 Å². The molecule has 5 rings (SSSR count). The van der Waals surface area contributed by atoms with E-state index < -0.39 is 12.7 Å². The van der Waals surface area contributed by atoms with Gasteiger partial charge in [-0.15, -0.1) is 0 Å². The maximum absolute atomic E-state index is 14.2. The van der Waals surface area contributed by atoms with Crippen molar-refractivity contribution in [1.29, 1.82) is 0 Å². The van der Waals surface area contributed by atoms with Crippen molar-refractivity contribution in [1.82, 2.24) is 10.3 Å². The zero-order valence-electron chi connectivity index (χ0n) is 20.9. The first-order valence-electron chi connectivity index (χ1n) is 13.0. The van der Waals surface area contributed by atoms with Crippen molar-refractivity contribution >= 4 is 17.4 Å². The summed E-state index contributed by atoms with van der Waals surface area (Å²) in [5.74, 6) is -0.414. The van der Waals surface area contributed by atoms with Crippen molar-refractivity contribution in [2.24, 2.45) is 0 Å². The van der Waals surface area contributed by atoms with Gasteiger partial charge in [0.15, 0.2) is 17.3 Å². The number of ether oxygens (including phenoxy) is 1. The number of piperidine rings is 1. The van der Waals surface area contributed by atoms with Gasteiger partial charge in [0.1, 0.15) is 0 Å². The fraction of sp³-hybridized carbons (Fsp3) is 0.444. The number of halogens is 2. The van der Waals surface area contributed by atoms with Gasteiger partial charge in [-0.1, -0.05) is 12.8 Å². The molecule has 1 aliphatic heterocycles. The molecule has 38 heavy (non-hydrogen) atoms. The van der Waals surface area contributed by atoms with Crippen LogP contribution in [0.5, 0.6) is 5.75 Å². The number of benzene rings is 2. The van der Waals surface area contributed by atoms with Gasteiger partial charge in [-0.3, -0.25) is 10.1 Å². The Hall–Kier alpha value is -3.73. The Bertz CT molecular complexity index is 1240. The molecule has 1 aromatic heterocycles. The van der Waals surface area contributed by atoms with Crippen LogP contribution in [0.15, 0.2) is 53.1 Å². The summed E-state index contributed by atoms with van der Waals surface area (Å²) in [7, 11) is 0. The second kappa shape index (κ2) is 11.8. The summed E-state index contributed by atoms with van der Waals surface area (Å²) >= 11 is 0. The smallest absolute Gasteiger partial charge is 0.295 e. The molecule has 2 N–H and O–H groups in total. The topological polar surface area (TPSA) is 106 Å². The summed E-state index contributed by atoms with van der Waals surface area (Å²) in [6, 6.07) is 12.0. The third kappa shape index (κ3) is 6.04. The number of aromatic nitrogens is 1. The van der Waals surface area contributed by atoms with Crippen molar-refractivity contribution < 1.29 is 22.9 Å². The van der Waals surface area contributed by atoms with Gasteiger partial charge in [0.05, 0.1) is 11.1 Å². The first kappa shape index (κ1) is 25.9. The van der Waals surface area contributed by atoms with Crippen LogP contribution >= 0.6 is 0 Å². The highest BCUT2D eigenvalue weighted by atomic mass is 19.1. The molecule has 2 heterocycles. The fourth-order valence-corrected chi connectivity index (χ4v) is 5.40. The Labute approximate surface area is 219 Å². The van der Waals surface area contributed by atoms with Crippen LogP contribution in [-0.4, -0.2) is 48.0 Å². The lowest BCUT2D eigenvalue weighted by Crippen LogP contribution is -2.54. The molecule has 0 bridgehead atoms. The molecule has 0 spiro atoms. The lowest BCUT2D eigenvalue weighted by molar-refractivity contribution is -0.384. The van der Waals surface area contributed by atoms with E-state index >= 15 is 0 Å². The van der Waals surface area contributed by atoms with Gasteiger partial charge in [0.2, 0.25) is 6.86 Å². The summed E-state index contributed by atoms with van der Waals surface area (Å²) in [6.45, 7) is 0.653. The lowest BCUT2D eigenvalue weighted by atomic mass is 9.89. The lowest BCUT2D eigenvalue weighted by Gasteiger charge is -2.40. The van der Waals surface area contributed by atoms with Gasteiger partial charge in [-0.2, -0.15) is 0 Å². The van der Waals surface area contributed by atoms with E-state index in [1.54, 1.807) is 24.4 Å². The number of anilines is 2. The van der Waals surface area contributed by atoms with Crippen molar-refractivity contribution in [3.8, 4) is 17.1 Å². The summed E-state index contributed by atoms with van der Waals surface area (Å²) in [5.41, 5.74) is 1.58. The zero-order valence-corrected chi connectivity index (χ0v) is 20.9. The Morgan fingerprint density at radius 3 is 2.63 bits per heavy atom. The zero-order chi connectivity index (χ0) is 26.5. The van der Waals surface area contributed by atoms with Crippen molar-refractivity contribution in [2.45, 2.75) is 56.7 Å². The SMILES string of the molecule is O=[N+]([O-])c1ccc(N2CCC[C@H](N[C@@H]3CCCC[C@H]3Nc3ncc(-c4ccc(OCF)c(F)c4)o3)C2)cc1. The summed E-state index contributed by atoms with van der Waals surface area (Å²) in [5, 5.41) is 18.3. The Balaban J connectivity index is 1.21. The molecule has 1 saturated carbocycles. The molecule has 1 saturated heterocycles.